The molecule has 0 unspecified atom stereocenters. The Hall–Kier alpha value is -2.10. The van der Waals surface area contributed by atoms with E-state index in [1.165, 1.54) is 5.56 Å². The number of nitrogens with zero attached hydrogens (tertiary/aromatic N) is 1. The minimum Gasteiger partial charge on any atom is -0.308 e. The van der Waals surface area contributed by atoms with Crippen LogP contribution in [0.1, 0.15) is 11.1 Å². The van der Waals surface area contributed by atoms with Crippen LogP contribution in [0.15, 0.2) is 42.5 Å². The lowest BCUT2D eigenvalue weighted by Gasteiger charge is -2.12. The van der Waals surface area contributed by atoms with Crippen LogP contribution in [0, 0.1) is 13.8 Å². The molecule has 0 spiro atoms. The number of anilines is 1. The van der Waals surface area contributed by atoms with Crippen LogP contribution in [0.4, 0.5) is 5.82 Å². The maximum atomic E-state index is 5.95. The van der Waals surface area contributed by atoms with Gasteiger partial charge in [-0.1, -0.05) is 35.4 Å². The van der Waals surface area contributed by atoms with E-state index in [9.17, 15) is 0 Å². The first-order chi connectivity index (χ1) is 10.1. The van der Waals surface area contributed by atoms with Crippen LogP contribution in [-0.4, -0.2) is 4.98 Å². The fraction of sp³-hybridized carbons (Fsp3) is 0.118. The summed E-state index contributed by atoms with van der Waals surface area (Å²) in [6.45, 7) is 4.15. The van der Waals surface area contributed by atoms with Crippen molar-refractivity contribution in [1.82, 2.24) is 4.98 Å². The Morgan fingerprint density at radius 3 is 2.43 bits per heavy atom. The zero-order chi connectivity index (χ0) is 15.0. The molecular weight excluding hydrogens is 282 g/mol. The van der Waals surface area contributed by atoms with Crippen molar-refractivity contribution in [1.29, 1.82) is 0 Å². The van der Waals surface area contributed by atoms with Gasteiger partial charge in [-0.2, -0.15) is 0 Å². The molecule has 21 heavy (non-hydrogen) atoms. The number of halogens is 1. The predicted molar refractivity (Wildman–Crippen MR) is 89.5 cm³/mol. The monoisotopic (exact) mass is 297 g/mol. The van der Waals surface area contributed by atoms with E-state index in [1.54, 1.807) is 0 Å². The highest BCUT2D eigenvalue weighted by atomic mass is 35.5. The maximum Gasteiger partial charge on any atom is 0.148 e. The molecule has 0 aliphatic rings. The third-order valence-electron chi connectivity index (χ3n) is 3.54. The number of nitrogen functional groups attached to an aromatic ring is 1. The van der Waals surface area contributed by atoms with Crippen molar-refractivity contribution in [3.63, 3.8) is 0 Å². The molecule has 4 heteroatoms. The summed E-state index contributed by atoms with van der Waals surface area (Å²) in [6, 6.07) is 14.0. The molecule has 3 nitrogen and oxygen atoms in total. The summed E-state index contributed by atoms with van der Waals surface area (Å²) in [6.07, 6.45) is 0. The number of fused-ring (bicyclic) bond motifs is 1. The van der Waals surface area contributed by atoms with Crippen molar-refractivity contribution in [3.8, 4) is 11.1 Å². The summed E-state index contributed by atoms with van der Waals surface area (Å²) < 4.78 is 0. The number of nitrogens with one attached hydrogen (secondary N) is 1. The number of rotatable bonds is 2. The van der Waals surface area contributed by atoms with Gasteiger partial charge >= 0.3 is 0 Å². The predicted octanol–water partition coefficient (Wildman–Crippen LogP) is 4.46. The molecule has 0 aliphatic carbocycles. The molecule has 0 bridgehead atoms. The van der Waals surface area contributed by atoms with Crippen LogP contribution in [0.3, 0.4) is 0 Å². The van der Waals surface area contributed by atoms with Gasteiger partial charge in [0, 0.05) is 16.0 Å². The van der Waals surface area contributed by atoms with Gasteiger partial charge in [0.15, 0.2) is 0 Å². The Bertz CT molecular complexity index is 810. The lowest BCUT2D eigenvalue weighted by atomic mass is 10.0. The van der Waals surface area contributed by atoms with E-state index >= 15 is 0 Å². The molecule has 0 saturated carbocycles. The third kappa shape index (κ3) is 2.58. The van der Waals surface area contributed by atoms with Gasteiger partial charge in [-0.25, -0.2) is 10.8 Å². The average molecular weight is 298 g/mol. The number of pyridine rings is 1. The molecule has 3 rings (SSSR count). The van der Waals surface area contributed by atoms with Crippen molar-refractivity contribution >= 4 is 28.3 Å². The molecule has 3 N–H and O–H groups in total. The number of aryl methyl sites for hydroxylation is 2. The molecule has 106 valence electrons. The van der Waals surface area contributed by atoms with E-state index in [-0.39, 0.29) is 0 Å². The second-order valence-corrected chi connectivity index (χ2v) is 5.63. The van der Waals surface area contributed by atoms with Gasteiger partial charge in [0.1, 0.15) is 5.82 Å². The van der Waals surface area contributed by atoms with Crippen molar-refractivity contribution in [3.05, 3.63) is 58.6 Å². The second-order valence-electron chi connectivity index (χ2n) is 5.19. The number of hydrogen-bond acceptors (Lipinski definition) is 3. The molecule has 1 aromatic heterocycles. The molecule has 3 aromatic rings. The van der Waals surface area contributed by atoms with Crippen LogP contribution in [-0.2, 0) is 0 Å². The molecule has 0 saturated heterocycles. The molecule has 1 heterocycles. The molecule has 0 fully saturated rings. The van der Waals surface area contributed by atoms with E-state index in [0.29, 0.717) is 10.8 Å². The lowest BCUT2D eigenvalue weighted by Crippen LogP contribution is -2.10. The Kier molecular flexibility index (Phi) is 3.53. The van der Waals surface area contributed by atoms with E-state index in [4.69, 9.17) is 17.4 Å². The summed E-state index contributed by atoms with van der Waals surface area (Å²) >= 11 is 5.95. The van der Waals surface area contributed by atoms with Crippen LogP contribution in [0.25, 0.3) is 22.0 Å². The van der Waals surface area contributed by atoms with Crippen molar-refractivity contribution < 1.29 is 0 Å². The Morgan fingerprint density at radius 1 is 1.05 bits per heavy atom. The summed E-state index contributed by atoms with van der Waals surface area (Å²) in [5, 5.41) is 1.82. The van der Waals surface area contributed by atoms with Crippen molar-refractivity contribution in [2.75, 3.05) is 5.43 Å². The molecule has 0 atom stereocenters. The van der Waals surface area contributed by atoms with Gasteiger partial charge in [0.25, 0.3) is 0 Å². The fourth-order valence-electron chi connectivity index (χ4n) is 2.61. The Labute approximate surface area is 128 Å². The number of benzene rings is 2. The first kappa shape index (κ1) is 13.9. The topological polar surface area (TPSA) is 50.9 Å². The van der Waals surface area contributed by atoms with Crippen molar-refractivity contribution in [2.45, 2.75) is 13.8 Å². The average Bonchev–Trinajstić information content (AvgIpc) is 2.47. The maximum absolute atomic E-state index is 5.95. The smallest absolute Gasteiger partial charge is 0.148 e. The summed E-state index contributed by atoms with van der Waals surface area (Å²) in [5.74, 6) is 6.31. The highest BCUT2D eigenvalue weighted by Crippen LogP contribution is 2.31. The first-order valence-corrected chi connectivity index (χ1v) is 7.11. The van der Waals surface area contributed by atoms with Gasteiger partial charge < -0.3 is 5.43 Å². The normalized spacial score (nSPS) is 10.9. The first-order valence-electron chi connectivity index (χ1n) is 6.73. The summed E-state index contributed by atoms with van der Waals surface area (Å²) in [5.41, 5.74) is 8.02. The molecule has 0 radical (unpaired) electrons. The lowest BCUT2D eigenvalue weighted by molar-refractivity contribution is 1.25. The zero-order valence-corrected chi connectivity index (χ0v) is 12.7. The largest absolute Gasteiger partial charge is 0.308 e. The van der Waals surface area contributed by atoms with Gasteiger partial charge in [-0.05, 0) is 49.2 Å². The van der Waals surface area contributed by atoms with Crippen LogP contribution >= 0.6 is 11.6 Å². The molecule has 2 aromatic carbocycles. The molecule has 0 aliphatic heterocycles. The van der Waals surface area contributed by atoms with Crippen molar-refractivity contribution in [2.24, 2.45) is 5.84 Å². The third-order valence-corrected chi connectivity index (χ3v) is 3.80. The van der Waals surface area contributed by atoms with Crippen LogP contribution < -0.4 is 11.3 Å². The van der Waals surface area contributed by atoms with E-state index in [1.807, 2.05) is 24.3 Å². The summed E-state index contributed by atoms with van der Waals surface area (Å²) in [7, 11) is 0. The molecule has 0 amide bonds. The number of nitrogens with two attached hydrogens (primary N) is 1. The zero-order valence-electron chi connectivity index (χ0n) is 11.9. The van der Waals surface area contributed by atoms with Gasteiger partial charge in [0.2, 0.25) is 0 Å². The second kappa shape index (κ2) is 5.35. The van der Waals surface area contributed by atoms with E-state index in [2.05, 4.69) is 42.5 Å². The van der Waals surface area contributed by atoms with Gasteiger partial charge in [-0.3, -0.25) is 0 Å². The minimum atomic E-state index is 0.664. The van der Waals surface area contributed by atoms with Crippen LogP contribution in [0.2, 0.25) is 5.02 Å². The Balaban J connectivity index is 2.28. The van der Waals surface area contributed by atoms with E-state index in [0.717, 1.165) is 27.6 Å². The number of aromatic nitrogens is 1. The highest BCUT2D eigenvalue weighted by Gasteiger charge is 2.10. The van der Waals surface area contributed by atoms with E-state index < -0.39 is 0 Å². The van der Waals surface area contributed by atoms with Gasteiger partial charge in [0.05, 0.1) is 5.52 Å². The number of hydrazine groups is 1. The minimum absolute atomic E-state index is 0.664. The Morgan fingerprint density at radius 2 is 1.76 bits per heavy atom. The quantitative estimate of drug-likeness (QED) is 0.542. The van der Waals surface area contributed by atoms with Gasteiger partial charge in [-0.15, -0.1) is 0 Å². The molecular formula is C17H16ClN3. The number of hydrogen-bond donors (Lipinski definition) is 2. The highest BCUT2D eigenvalue weighted by molar-refractivity contribution is 6.30. The summed E-state index contributed by atoms with van der Waals surface area (Å²) in [4.78, 5) is 4.66. The SMILES string of the molecule is Cc1cc(C)c2nc(NN)c(-c3ccc(Cl)cc3)cc2c1. The fourth-order valence-corrected chi connectivity index (χ4v) is 2.74. The standard InChI is InChI=1S/C17H16ClN3/c1-10-7-11(2)16-13(8-10)9-15(17(20-16)21-19)12-3-5-14(18)6-4-12/h3-9H,19H2,1-2H3,(H,20,21). The van der Waals surface area contributed by atoms with Crippen LogP contribution in [0.5, 0.6) is 0 Å².